The van der Waals surface area contributed by atoms with Crippen molar-refractivity contribution in [2.24, 2.45) is 0 Å². The van der Waals surface area contributed by atoms with Gasteiger partial charge >= 0.3 is 0 Å². The molecule has 1 aromatic rings. The first kappa shape index (κ1) is 16.5. The number of fused-ring (bicyclic) bond motifs is 1. The number of likely N-dealkylation sites (tertiary alicyclic amines) is 1. The number of nitrogens with zero attached hydrogens (tertiary/aromatic N) is 1. The van der Waals surface area contributed by atoms with Gasteiger partial charge in [0.2, 0.25) is 0 Å². The maximum atomic E-state index is 12.3. The predicted octanol–water partition coefficient (Wildman–Crippen LogP) is 2.69. The van der Waals surface area contributed by atoms with Crippen LogP contribution in [0.2, 0.25) is 0 Å². The molecule has 4 nitrogen and oxygen atoms in total. The largest absolute Gasteiger partial charge is 0.382 e. The summed E-state index contributed by atoms with van der Waals surface area (Å²) in [5.41, 5.74) is 3.29. The molecular weight excluding hydrogens is 286 g/mol. The summed E-state index contributed by atoms with van der Waals surface area (Å²) in [4.78, 5) is 14.8. The number of carbonyl (C=O) groups excluding carboxylic acids is 1. The number of hydrogen-bond acceptors (Lipinski definition) is 4. The molecule has 126 valence electrons. The zero-order valence-corrected chi connectivity index (χ0v) is 14.2. The lowest BCUT2D eigenvalue weighted by molar-refractivity contribution is 0.0991. The average molecular weight is 315 g/mol. The van der Waals surface area contributed by atoms with Crippen molar-refractivity contribution in [1.29, 1.82) is 0 Å². The molecule has 2 N–H and O–H groups in total. The highest BCUT2D eigenvalue weighted by Gasteiger charge is 2.18. The van der Waals surface area contributed by atoms with Gasteiger partial charge in [0.25, 0.3) is 0 Å². The summed E-state index contributed by atoms with van der Waals surface area (Å²) in [6.07, 6.45) is 6.11. The van der Waals surface area contributed by atoms with Gasteiger partial charge in [-0.05, 0) is 89.0 Å². The van der Waals surface area contributed by atoms with Crippen LogP contribution in [-0.4, -0.2) is 49.4 Å². The van der Waals surface area contributed by atoms with Crippen LogP contribution in [0.5, 0.6) is 0 Å². The highest BCUT2D eigenvalue weighted by Crippen LogP contribution is 2.26. The molecule has 0 radical (unpaired) electrons. The summed E-state index contributed by atoms with van der Waals surface area (Å²) in [5.74, 6) is 0.201. The molecule has 1 fully saturated rings. The first-order valence-corrected chi connectivity index (χ1v) is 9.08. The van der Waals surface area contributed by atoms with E-state index >= 15 is 0 Å². The van der Waals surface area contributed by atoms with E-state index in [-0.39, 0.29) is 5.78 Å². The van der Waals surface area contributed by atoms with E-state index in [0.29, 0.717) is 12.6 Å². The van der Waals surface area contributed by atoms with Gasteiger partial charge in [0.05, 0.1) is 6.54 Å². The maximum Gasteiger partial charge on any atom is 0.176 e. The number of rotatable bonds is 8. The summed E-state index contributed by atoms with van der Waals surface area (Å²) in [5, 5.41) is 6.72. The van der Waals surface area contributed by atoms with Crippen LogP contribution in [0.1, 0.15) is 48.5 Å². The van der Waals surface area contributed by atoms with Crippen molar-refractivity contribution in [1.82, 2.24) is 10.2 Å². The Morgan fingerprint density at radius 2 is 2.13 bits per heavy atom. The highest BCUT2D eigenvalue weighted by atomic mass is 16.1. The van der Waals surface area contributed by atoms with Gasteiger partial charge in [-0.25, -0.2) is 0 Å². The Bertz CT molecular complexity index is 537. The Labute approximate surface area is 139 Å². The number of carbonyl (C=O) groups is 1. The zero-order valence-electron chi connectivity index (χ0n) is 14.2. The van der Waals surface area contributed by atoms with Crippen molar-refractivity contribution in [2.45, 2.75) is 45.1 Å². The van der Waals surface area contributed by atoms with E-state index in [4.69, 9.17) is 0 Å². The van der Waals surface area contributed by atoms with Crippen LogP contribution in [0.25, 0.3) is 0 Å². The van der Waals surface area contributed by atoms with Crippen molar-refractivity contribution >= 4 is 11.5 Å². The number of benzene rings is 1. The van der Waals surface area contributed by atoms with Gasteiger partial charge in [-0.1, -0.05) is 0 Å². The molecule has 0 aromatic heterocycles. The van der Waals surface area contributed by atoms with Crippen molar-refractivity contribution in [3.05, 3.63) is 29.3 Å². The van der Waals surface area contributed by atoms with Crippen molar-refractivity contribution in [3.63, 3.8) is 0 Å². The fourth-order valence-corrected chi connectivity index (χ4v) is 3.62. The second-order valence-electron chi connectivity index (χ2n) is 6.98. The monoisotopic (exact) mass is 315 g/mol. The van der Waals surface area contributed by atoms with E-state index in [9.17, 15) is 4.79 Å². The molecule has 1 saturated heterocycles. The van der Waals surface area contributed by atoms with E-state index in [0.717, 1.165) is 24.9 Å². The predicted molar refractivity (Wildman–Crippen MR) is 95.3 cm³/mol. The molecule has 0 amide bonds. The Kier molecular flexibility index (Phi) is 5.68. The minimum absolute atomic E-state index is 0.201. The fraction of sp³-hybridized carbons (Fsp3) is 0.632. The molecule has 0 saturated carbocycles. The van der Waals surface area contributed by atoms with Gasteiger partial charge in [0, 0.05) is 17.3 Å². The van der Waals surface area contributed by atoms with Gasteiger partial charge in [0.15, 0.2) is 5.78 Å². The van der Waals surface area contributed by atoms with Crippen LogP contribution in [0.4, 0.5) is 5.69 Å². The smallest absolute Gasteiger partial charge is 0.176 e. The van der Waals surface area contributed by atoms with Gasteiger partial charge in [-0.3, -0.25) is 4.79 Å². The Morgan fingerprint density at radius 3 is 2.96 bits per heavy atom. The van der Waals surface area contributed by atoms with E-state index in [1.165, 1.54) is 50.1 Å². The van der Waals surface area contributed by atoms with Crippen LogP contribution in [0.15, 0.2) is 18.2 Å². The normalized spacial score (nSPS) is 20.5. The molecule has 1 aromatic carbocycles. The quantitative estimate of drug-likeness (QED) is 0.572. The lowest BCUT2D eigenvalue weighted by Gasteiger charge is -2.13. The Morgan fingerprint density at radius 1 is 1.30 bits per heavy atom. The number of hydrogen-bond donors (Lipinski definition) is 2. The summed E-state index contributed by atoms with van der Waals surface area (Å²) >= 11 is 0. The lowest BCUT2D eigenvalue weighted by Crippen LogP contribution is -2.25. The second-order valence-corrected chi connectivity index (χ2v) is 6.98. The molecule has 3 rings (SSSR count). The molecule has 1 atom stereocenters. The highest BCUT2D eigenvalue weighted by molar-refractivity contribution is 5.98. The van der Waals surface area contributed by atoms with Crippen LogP contribution in [-0.2, 0) is 6.42 Å². The van der Waals surface area contributed by atoms with Gasteiger partial charge in [-0.15, -0.1) is 0 Å². The third-order valence-corrected chi connectivity index (χ3v) is 4.92. The van der Waals surface area contributed by atoms with Crippen LogP contribution in [0, 0.1) is 0 Å². The minimum atomic E-state index is 0.201. The van der Waals surface area contributed by atoms with E-state index in [2.05, 4.69) is 28.5 Å². The van der Waals surface area contributed by atoms with E-state index in [1.807, 2.05) is 12.1 Å². The molecule has 0 aliphatic carbocycles. The molecule has 0 bridgehead atoms. The molecular formula is C19H29N3O. The van der Waals surface area contributed by atoms with Crippen molar-refractivity contribution in [3.8, 4) is 0 Å². The first-order valence-electron chi connectivity index (χ1n) is 9.08. The Hall–Kier alpha value is -1.39. The topological polar surface area (TPSA) is 44.4 Å². The van der Waals surface area contributed by atoms with E-state index in [1.54, 1.807) is 0 Å². The second kappa shape index (κ2) is 7.93. The third kappa shape index (κ3) is 4.55. The summed E-state index contributed by atoms with van der Waals surface area (Å²) < 4.78 is 0. The summed E-state index contributed by atoms with van der Waals surface area (Å²) in [6, 6.07) is 6.52. The van der Waals surface area contributed by atoms with Crippen molar-refractivity contribution < 1.29 is 4.79 Å². The summed E-state index contributed by atoms with van der Waals surface area (Å²) in [6.45, 7) is 7.32. The average Bonchev–Trinajstić information content (AvgIpc) is 3.17. The van der Waals surface area contributed by atoms with Gasteiger partial charge in [-0.2, -0.15) is 0 Å². The summed E-state index contributed by atoms with van der Waals surface area (Å²) in [7, 11) is 0. The van der Waals surface area contributed by atoms with Crippen LogP contribution >= 0.6 is 0 Å². The number of nitrogens with one attached hydrogen (secondary N) is 2. The van der Waals surface area contributed by atoms with Gasteiger partial charge in [0.1, 0.15) is 0 Å². The molecule has 2 aliphatic heterocycles. The van der Waals surface area contributed by atoms with E-state index < -0.39 is 0 Å². The lowest BCUT2D eigenvalue weighted by atomic mass is 10.0. The molecule has 2 heterocycles. The number of ketones is 1. The van der Waals surface area contributed by atoms with Gasteiger partial charge < -0.3 is 15.5 Å². The van der Waals surface area contributed by atoms with Crippen LogP contribution in [0.3, 0.4) is 0 Å². The maximum absolute atomic E-state index is 12.3. The fourth-order valence-electron chi connectivity index (χ4n) is 3.62. The SMILES string of the molecule is CC1Cc2cc(C(=O)CNCCCCN3CCCC3)ccc2N1. The number of anilines is 1. The number of Topliss-reactive ketones (excluding diaryl/α,β-unsaturated/α-hetero) is 1. The minimum Gasteiger partial charge on any atom is -0.382 e. The molecule has 4 heteroatoms. The third-order valence-electron chi connectivity index (χ3n) is 4.92. The molecule has 23 heavy (non-hydrogen) atoms. The molecule has 1 unspecified atom stereocenters. The Balaban J connectivity index is 1.34. The van der Waals surface area contributed by atoms with Crippen LogP contribution < -0.4 is 10.6 Å². The van der Waals surface area contributed by atoms with Crippen molar-refractivity contribution in [2.75, 3.05) is 38.0 Å². The number of unbranched alkanes of at least 4 members (excludes halogenated alkanes) is 1. The zero-order chi connectivity index (χ0) is 16.1. The molecule has 2 aliphatic rings. The standard InChI is InChI=1S/C19H29N3O/c1-15-12-17-13-16(6-7-18(17)21-15)19(23)14-20-8-2-3-9-22-10-4-5-11-22/h6-7,13,15,20-21H,2-5,8-12,14H2,1H3. The first-order chi connectivity index (χ1) is 11.2. The molecule has 0 spiro atoms.